The number of amides is 2. The molecule has 3 rings (SSSR count). The number of benzene rings is 2. The Labute approximate surface area is 180 Å². The number of hydrogen-bond acceptors (Lipinski definition) is 4. The average molecular weight is 411 g/mol. The molecule has 1 aliphatic heterocycles. The minimum Gasteiger partial charge on any atom is -0.497 e. The van der Waals surface area contributed by atoms with Crippen molar-refractivity contribution in [1.29, 1.82) is 0 Å². The van der Waals surface area contributed by atoms with E-state index < -0.39 is 0 Å². The van der Waals surface area contributed by atoms with Gasteiger partial charge in [0, 0.05) is 38.8 Å². The molecule has 30 heavy (non-hydrogen) atoms. The van der Waals surface area contributed by atoms with Gasteiger partial charge in [0.05, 0.1) is 13.2 Å². The molecule has 2 atom stereocenters. The van der Waals surface area contributed by atoms with E-state index in [2.05, 4.69) is 45.7 Å². The maximum atomic E-state index is 12.8. The Morgan fingerprint density at radius 3 is 2.47 bits per heavy atom. The van der Waals surface area contributed by atoms with Crippen LogP contribution in [0.4, 0.5) is 4.79 Å². The highest BCUT2D eigenvalue weighted by atomic mass is 16.5. The van der Waals surface area contributed by atoms with Gasteiger partial charge < -0.3 is 20.3 Å². The van der Waals surface area contributed by atoms with Gasteiger partial charge in [-0.2, -0.15) is 0 Å². The van der Waals surface area contributed by atoms with Gasteiger partial charge in [-0.1, -0.05) is 42.5 Å². The molecule has 0 aromatic heterocycles. The maximum Gasteiger partial charge on any atom is 0.315 e. The minimum absolute atomic E-state index is 0.0113. The topological polar surface area (TPSA) is 56.8 Å². The first kappa shape index (κ1) is 22.1. The lowest BCUT2D eigenvalue weighted by Crippen LogP contribution is -2.49. The number of nitrogens with zero attached hydrogens (tertiary/aromatic N) is 2. The quantitative estimate of drug-likeness (QED) is 0.703. The summed E-state index contributed by atoms with van der Waals surface area (Å²) in [4.78, 5) is 17.5. The molecule has 162 valence electrons. The van der Waals surface area contributed by atoms with Crippen LogP contribution in [0.3, 0.4) is 0 Å². The van der Waals surface area contributed by atoms with Gasteiger partial charge in [0.15, 0.2) is 0 Å². The zero-order valence-corrected chi connectivity index (χ0v) is 18.3. The molecule has 2 N–H and O–H groups in total. The number of carbonyl (C=O) groups excluding carboxylic acids is 1. The van der Waals surface area contributed by atoms with Crippen LogP contribution in [0.25, 0.3) is 0 Å². The van der Waals surface area contributed by atoms with Crippen molar-refractivity contribution in [3.05, 3.63) is 65.7 Å². The van der Waals surface area contributed by atoms with Crippen molar-refractivity contribution in [1.82, 2.24) is 20.4 Å². The van der Waals surface area contributed by atoms with Gasteiger partial charge in [-0.25, -0.2) is 4.79 Å². The summed E-state index contributed by atoms with van der Waals surface area (Å²) in [7, 11) is 3.82. The number of likely N-dealkylation sites (N-methyl/N-ethyl adjacent to an activating group) is 1. The molecule has 0 spiro atoms. The molecule has 6 nitrogen and oxygen atoms in total. The Morgan fingerprint density at radius 1 is 1.03 bits per heavy atom. The molecular weight excluding hydrogens is 376 g/mol. The van der Waals surface area contributed by atoms with Gasteiger partial charge in [-0.3, -0.25) is 4.90 Å². The van der Waals surface area contributed by atoms with Crippen molar-refractivity contribution >= 4 is 6.03 Å². The highest BCUT2D eigenvalue weighted by molar-refractivity contribution is 5.74. The molecule has 2 aromatic rings. The third-order valence-corrected chi connectivity index (χ3v) is 5.60. The lowest BCUT2D eigenvalue weighted by molar-refractivity contribution is 0.142. The number of urea groups is 1. The van der Waals surface area contributed by atoms with Crippen LogP contribution >= 0.6 is 0 Å². The second kappa shape index (κ2) is 11.0. The van der Waals surface area contributed by atoms with Crippen LogP contribution in [0.2, 0.25) is 0 Å². The van der Waals surface area contributed by atoms with E-state index in [0.717, 1.165) is 56.0 Å². The molecule has 0 radical (unpaired) electrons. The molecule has 0 aliphatic carbocycles. The summed E-state index contributed by atoms with van der Waals surface area (Å²) >= 11 is 0. The summed E-state index contributed by atoms with van der Waals surface area (Å²) in [6.45, 7) is 7.01. The number of carbonyl (C=O) groups is 1. The van der Waals surface area contributed by atoms with E-state index in [1.165, 1.54) is 0 Å². The molecule has 0 saturated carbocycles. The van der Waals surface area contributed by atoms with Crippen molar-refractivity contribution in [2.45, 2.75) is 25.4 Å². The van der Waals surface area contributed by atoms with Crippen LogP contribution < -0.4 is 15.4 Å². The highest BCUT2D eigenvalue weighted by Gasteiger charge is 2.21. The van der Waals surface area contributed by atoms with Crippen LogP contribution in [0.15, 0.2) is 54.6 Å². The molecule has 1 aliphatic rings. The van der Waals surface area contributed by atoms with E-state index in [1.807, 2.05) is 43.3 Å². The SMILES string of the molecule is COc1cccc(CC(C)NC(=O)NC(CN2CCN(C)CC2)c2ccccc2)c1. The number of piperazine rings is 1. The summed E-state index contributed by atoms with van der Waals surface area (Å²) in [5.41, 5.74) is 2.27. The van der Waals surface area contributed by atoms with E-state index in [4.69, 9.17) is 4.74 Å². The summed E-state index contributed by atoms with van der Waals surface area (Å²) in [6, 6.07) is 18.0. The van der Waals surface area contributed by atoms with E-state index in [0.29, 0.717) is 0 Å². The monoisotopic (exact) mass is 410 g/mol. The number of nitrogens with one attached hydrogen (secondary N) is 2. The van der Waals surface area contributed by atoms with Crippen molar-refractivity contribution in [2.75, 3.05) is 46.9 Å². The van der Waals surface area contributed by atoms with Crippen molar-refractivity contribution in [3.63, 3.8) is 0 Å². The molecule has 2 unspecified atom stereocenters. The van der Waals surface area contributed by atoms with Gasteiger partial charge in [-0.15, -0.1) is 0 Å². The number of ether oxygens (including phenoxy) is 1. The van der Waals surface area contributed by atoms with Gasteiger partial charge in [0.1, 0.15) is 5.75 Å². The van der Waals surface area contributed by atoms with Crippen molar-refractivity contribution in [3.8, 4) is 5.75 Å². The number of hydrogen-bond donors (Lipinski definition) is 2. The summed E-state index contributed by atoms with van der Waals surface area (Å²) < 4.78 is 5.29. The first-order valence-corrected chi connectivity index (χ1v) is 10.7. The standard InChI is InChI=1S/C24H34N4O2/c1-19(16-20-8-7-11-22(17-20)30-3)25-24(29)26-23(21-9-5-4-6-10-21)18-28-14-12-27(2)13-15-28/h4-11,17,19,23H,12-16,18H2,1-3H3,(H2,25,26,29). The Morgan fingerprint density at radius 2 is 1.77 bits per heavy atom. The molecule has 0 bridgehead atoms. The molecule has 2 amide bonds. The summed E-state index contributed by atoms with van der Waals surface area (Å²) in [6.07, 6.45) is 0.749. The van der Waals surface area contributed by atoms with Crippen LogP contribution in [-0.2, 0) is 6.42 Å². The molecule has 1 fully saturated rings. The first-order chi connectivity index (χ1) is 14.5. The fraction of sp³-hybridized carbons (Fsp3) is 0.458. The average Bonchev–Trinajstić information content (AvgIpc) is 2.75. The fourth-order valence-corrected chi connectivity index (χ4v) is 3.84. The lowest BCUT2D eigenvalue weighted by Gasteiger charge is -2.35. The smallest absolute Gasteiger partial charge is 0.315 e. The normalized spacial score (nSPS) is 17.2. The predicted octanol–water partition coefficient (Wildman–Crippen LogP) is 2.91. The van der Waals surface area contributed by atoms with E-state index >= 15 is 0 Å². The molecule has 1 saturated heterocycles. The summed E-state index contributed by atoms with van der Waals surface area (Å²) in [5.74, 6) is 0.834. The lowest BCUT2D eigenvalue weighted by atomic mass is 10.1. The third kappa shape index (κ3) is 6.75. The number of rotatable bonds is 8. The van der Waals surface area contributed by atoms with Gasteiger partial charge in [0.25, 0.3) is 0 Å². The van der Waals surface area contributed by atoms with Crippen LogP contribution in [0.5, 0.6) is 5.75 Å². The predicted molar refractivity (Wildman–Crippen MR) is 121 cm³/mol. The van der Waals surface area contributed by atoms with Crippen LogP contribution in [-0.4, -0.2) is 68.8 Å². The minimum atomic E-state index is -0.131. The third-order valence-electron chi connectivity index (χ3n) is 5.60. The Kier molecular flexibility index (Phi) is 8.11. The Bertz CT molecular complexity index is 791. The Hall–Kier alpha value is -2.57. The second-order valence-electron chi connectivity index (χ2n) is 8.14. The molecule has 2 aromatic carbocycles. The largest absolute Gasteiger partial charge is 0.497 e. The maximum absolute atomic E-state index is 12.8. The highest BCUT2D eigenvalue weighted by Crippen LogP contribution is 2.16. The van der Waals surface area contributed by atoms with Gasteiger partial charge in [-0.05, 0) is 43.7 Å². The molecule has 1 heterocycles. The van der Waals surface area contributed by atoms with E-state index in [-0.39, 0.29) is 18.1 Å². The van der Waals surface area contributed by atoms with Crippen molar-refractivity contribution in [2.24, 2.45) is 0 Å². The fourth-order valence-electron chi connectivity index (χ4n) is 3.84. The number of methoxy groups -OCH3 is 1. The van der Waals surface area contributed by atoms with E-state index in [9.17, 15) is 4.79 Å². The van der Waals surface area contributed by atoms with Crippen LogP contribution in [0.1, 0.15) is 24.1 Å². The van der Waals surface area contributed by atoms with Gasteiger partial charge >= 0.3 is 6.03 Å². The van der Waals surface area contributed by atoms with Crippen molar-refractivity contribution < 1.29 is 9.53 Å². The Balaban J connectivity index is 1.58. The van der Waals surface area contributed by atoms with Gasteiger partial charge in [0.2, 0.25) is 0 Å². The molecular formula is C24H34N4O2. The van der Waals surface area contributed by atoms with Crippen LogP contribution in [0, 0.1) is 0 Å². The van der Waals surface area contributed by atoms with E-state index in [1.54, 1.807) is 7.11 Å². The molecule has 6 heteroatoms. The second-order valence-corrected chi connectivity index (χ2v) is 8.14. The zero-order valence-electron chi connectivity index (χ0n) is 18.3. The first-order valence-electron chi connectivity index (χ1n) is 10.7. The summed E-state index contributed by atoms with van der Waals surface area (Å²) in [5, 5.41) is 6.29. The zero-order chi connectivity index (χ0) is 21.3.